The molecule has 0 saturated carbocycles. The Kier molecular flexibility index (Phi) is 6.68. The molecule has 9 heteroatoms. The molecule has 2 aliphatic rings. The summed E-state index contributed by atoms with van der Waals surface area (Å²) in [4.78, 5) is 25.0. The molecular formula is C15H25N5O4. The molecule has 3 heterocycles. The first-order valence-corrected chi connectivity index (χ1v) is 8.14. The Morgan fingerprint density at radius 1 is 1.17 bits per heavy atom. The van der Waals surface area contributed by atoms with Crippen molar-refractivity contribution < 1.29 is 19.8 Å². The first-order chi connectivity index (χ1) is 11.6. The third-order valence-electron chi connectivity index (χ3n) is 4.73. The van der Waals surface area contributed by atoms with Gasteiger partial charge in [0, 0.05) is 32.2 Å². The minimum Gasteiger partial charge on any atom is -0.483 e. The number of rotatable bonds is 2. The van der Waals surface area contributed by atoms with Crippen LogP contribution in [0.1, 0.15) is 25.3 Å². The molecule has 0 bridgehead atoms. The molecule has 2 fully saturated rings. The summed E-state index contributed by atoms with van der Waals surface area (Å²) >= 11 is 0. The highest BCUT2D eigenvalue weighted by Crippen LogP contribution is 2.25. The average molecular weight is 339 g/mol. The second-order valence-corrected chi connectivity index (χ2v) is 6.30. The van der Waals surface area contributed by atoms with Crippen LogP contribution in [0.2, 0.25) is 0 Å². The van der Waals surface area contributed by atoms with Crippen LogP contribution in [-0.4, -0.2) is 86.5 Å². The summed E-state index contributed by atoms with van der Waals surface area (Å²) in [6, 6.07) is 0.378. The summed E-state index contributed by atoms with van der Waals surface area (Å²) in [5, 5.41) is 24.7. The molecule has 2 aliphatic heterocycles. The van der Waals surface area contributed by atoms with E-state index in [0.717, 1.165) is 32.5 Å². The number of carboxylic acid groups (broad SMARTS) is 1. The van der Waals surface area contributed by atoms with Crippen molar-refractivity contribution in [2.24, 2.45) is 5.92 Å². The van der Waals surface area contributed by atoms with Crippen molar-refractivity contribution in [1.82, 2.24) is 24.6 Å². The van der Waals surface area contributed by atoms with Gasteiger partial charge in [-0.15, -0.1) is 10.2 Å². The van der Waals surface area contributed by atoms with Crippen molar-refractivity contribution >= 4 is 12.4 Å². The fraction of sp³-hybridized carbons (Fsp3) is 0.733. The van der Waals surface area contributed by atoms with Gasteiger partial charge in [-0.2, -0.15) is 0 Å². The zero-order valence-corrected chi connectivity index (χ0v) is 13.9. The Morgan fingerprint density at radius 2 is 1.75 bits per heavy atom. The van der Waals surface area contributed by atoms with Crippen LogP contribution >= 0.6 is 0 Å². The number of hydrogen-bond acceptors (Lipinski definition) is 6. The van der Waals surface area contributed by atoms with E-state index in [4.69, 9.17) is 9.90 Å². The fourth-order valence-electron chi connectivity index (χ4n) is 3.36. The Balaban J connectivity index is 0.000000647. The van der Waals surface area contributed by atoms with Crippen molar-refractivity contribution in [2.45, 2.75) is 31.4 Å². The molecule has 0 unspecified atom stereocenters. The van der Waals surface area contributed by atoms with Gasteiger partial charge >= 0.3 is 0 Å². The molecule has 1 aromatic rings. The van der Waals surface area contributed by atoms with E-state index in [2.05, 4.69) is 15.1 Å². The van der Waals surface area contributed by atoms with Gasteiger partial charge in [-0.1, -0.05) is 0 Å². The van der Waals surface area contributed by atoms with Crippen LogP contribution < -0.4 is 0 Å². The highest BCUT2D eigenvalue weighted by Gasteiger charge is 2.35. The molecule has 2 N–H and O–H groups in total. The maximum atomic E-state index is 12.6. The molecule has 2 saturated heterocycles. The van der Waals surface area contributed by atoms with Crippen molar-refractivity contribution in [3.63, 3.8) is 0 Å². The van der Waals surface area contributed by atoms with Gasteiger partial charge in [0.2, 0.25) is 5.91 Å². The van der Waals surface area contributed by atoms with Gasteiger partial charge < -0.3 is 24.6 Å². The zero-order chi connectivity index (χ0) is 17.5. The second kappa shape index (κ2) is 8.74. The summed E-state index contributed by atoms with van der Waals surface area (Å²) in [6.45, 7) is 2.76. The number of amides is 1. The van der Waals surface area contributed by atoms with Crippen molar-refractivity contribution in [2.75, 3.05) is 33.2 Å². The van der Waals surface area contributed by atoms with Gasteiger partial charge in [0.15, 0.2) is 0 Å². The van der Waals surface area contributed by atoms with Crippen LogP contribution in [0.5, 0.6) is 0 Å². The number of piperidine rings is 2. The molecule has 1 aromatic heterocycles. The molecular weight excluding hydrogens is 314 g/mol. The van der Waals surface area contributed by atoms with Gasteiger partial charge in [-0.3, -0.25) is 9.59 Å². The summed E-state index contributed by atoms with van der Waals surface area (Å²) in [7, 11) is 2.00. The Morgan fingerprint density at radius 3 is 2.33 bits per heavy atom. The molecule has 2 atom stereocenters. The molecule has 0 radical (unpaired) electrons. The second-order valence-electron chi connectivity index (χ2n) is 6.30. The minimum absolute atomic E-state index is 0.108. The van der Waals surface area contributed by atoms with Gasteiger partial charge in [0.1, 0.15) is 12.7 Å². The van der Waals surface area contributed by atoms with Crippen LogP contribution in [0.15, 0.2) is 12.7 Å². The predicted octanol–water partition coefficient (Wildman–Crippen LogP) is -0.545. The first kappa shape index (κ1) is 18.3. The molecule has 1 amide bonds. The van der Waals surface area contributed by atoms with Crippen LogP contribution in [0.4, 0.5) is 0 Å². The number of carbonyl (C=O) groups excluding carboxylic acids is 1. The first-order valence-electron chi connectivity index (χ1n) is 8.14. The SMILES string of the molecule is CN1CC[C@@H](O)[C@H](C(=O)N2CCC(n3cnnc3)CC2)C1.O=CO. The van der Waals surface area contributed by atoms with Gasteiger partial charge in [-0.25, -0.2) is 0 Å². The van der Waals surface area contributed by atoms with Crippen LogP contribution in [0, 0.1) is 5.92 Å². The lowest BCUT2D eigenvalue weighted by Gasteiger charge is -2.39. The standard InChI is InChI=1S/C14H23N5O2.CH2O2/c1-17-5-4-13(20)12(8-17)14(21)18-6-2-11(3-7-18)19-9-15-16-10-19;2-1-3/h9-13,20H,2-8H2,1H3;1H,(H,2,3)/t12-,13-;/m1./s1. The lowest BCUT2D eigenvalue weighted by molar-refractivity contribution is -0.143. The van der Waals surface area contributed by atoms with E-state index in [9.17, 15) is 9.90 Å². The number of nitrogens with zero attached hydrogens (tertiary/aromatic N) is 5. The number of likely N-dealkylation sites (tertiary alicyclic amines) is 2. The molecule has 9 nitrogen and oxygen atoms in total. The fourth-order valence-corrected chi connectivity index (χ4v) is 3.36. The largest absolute Gasteiger partial charge is 0.483 e. The monoisotopic (exact) mass is 339 g/mol. The van der Waals surface area contributed by atoms with Crippen LogP contribution in [0.3, 0.4) is 0 Å². The maximum Gasteiger partial charge on any atom is 0.290 e. The van der Waals surface area contributed by atoms with Crippen molar-refractivity contribution in [3.05, 3.63) is 12.7 Å². The van der Waals surface area contributed by atoms with E-state index in [0.29, 0.717) is 19.0 Å². The normalized spacial score (nSPS) is 25.7. The van der Waals surface area contributed by atoms with Gasteiger partial charge in [-0.05, 0) is 26.3 Å². The summed E-state index contributed by atoms with van der Waals surface area (Å²) < 4.78 is 2.02. The number of aromatic nitrogens is 3. The Bertz CT molecular complexity index is 516. The number of aliphatic hydroxyl groups is 1. The summed E-state index contributed by atoms with van der Waals surface area (Å²) in [5.41, 5.74) is 0. The van der Waals surface area contributed by atoms with Gasteiger partial charge in [0.25, 0.3) is 6.47 Å². The molecule has 0 aliphatic carbocycles. The Hall–Kier alpha value is -2.00. The lowest BCUT2D eigenvalue weighted by Crippen LogP contribution is -2.51. The molecule has 0 aromatic carbocycles. The van der Waals surface area contributed by atoms with E-state index in [1.165, 1.54) is 0 Å². The smallest absolute Gasteiger partial charge is 0.290 e. The van der Waals surface area contributed by atoms with E-state index >= 15 is 0 Å². The minimum atomic E-state index is -0.496. The van der Waals surface area contributed by atoms with Crippen molar-refractivity contribution in [3.8, 4) is 0 Å². The number of hydrogen-bond donors (Lipinski definition) is 2. The quantitative estimate of drug-likeness (QED) is 0.696. The maximum absolute atomic E-state index is 12.6. The van der Waals surface area contributed by atoms with E-state index in [1.54, 1.807) is 12.7 Å². The highest BCUT2D eigenvalue weighted by atomic mass is 16.3. The highest BCUT2D eigenvalue weighted by molar-refractivity contribution is 5.80. The van der Waals surface area contributed by atoms with Crippen LogP contribution in [-0.2, 0) is 9.59 Å². The zero-order valence-electron chi connectivity index (χ0n) is 13.9. The molecule has 0 spiro atoms. The van der Waals surface area contributed by atoms with E-state index in [1.807, 2.05) is 16.5 Å². The predicted molar refractivity (Wildman–Crippen MR) is 85.2 cm³/mol. The van der Waals surface area contributed by atoms with Gasteiger partial charge in [0.05, 0.1) is 12.0 Å². The third kappa shape index (κ3) is 4.51. The lowest BCUT2D eigenvalue weighted by atomic mass is 9.92. The third-order valence-corrected chi connectivity index (χ3v) is 4.73. The molecule has 3 rings (SSSR count). The van der Waals surface area contributed by atoms with Crippen LogP contribution in [0.25, 0.3) is 0 Å². The number of aliphatic hydroxyl groups excluding tert-OH is 1. The topological polar surface area (TPSA) is 112 Å². The summed E-state index contributed by atoms with van der Waals surface area (Å²) in [5.74, 6) is -0.161. The van der Waals surface area contributed by atoms with Crippen molar-refractivity contribution in [1.29, 1.82) is 0 Å². The van der Waals surface area contributed by atoms with E-state index in [-0.39, 0.29) is 18.3 Å². The summed E-state index contributed by atoms with van der Waals surface area (Å²) in [6.07, 6.45) is 5.50. The van der Waals surface area contributed by atoms with E-state index < -0.39 is 6.10 Å². The molecule has 24 heavy (non-hydrogen) atoms. The Labute approximate surface area is 140 Å². The molecule has 134 valence electrons. The number of carbonyl (C=O) groups is 2. The average Bonchev–Trinajstić information content (AvgIpc) is 3.12.